The van der Waals surface area contributed by atoms with Crippen LogP contribution in [-0.4, -0.2) is 33.6 Å². The van der Waals surface area contributed by atoms with Crippen molar-refractivity contribution in [3.8, 4) is 0 Å². The van der Waals surface area contributed by atoms with Crippen molar-refractivity contribution in [3.63, 3.8) is 0 Å². The van der Waals surface area contributed by atoms with E-state index in [2.05, 4.69) is 5.10 Å². The van der Waals surface area contributed by atoms with Gasteiger partial charge in [-0.15, -0.1) is 0 Å². The van der Waals surface area contributed by atoms with Gasteiger partial charge in [0.25, 0.3) is 5.91 Å². The van der Waals surface area contributed by atoms with Gasteiger partial charge in [0.2, 0.25) is 0 Å². The van der Waals surface area contributed by atoms with Crippen LogP contribution in [0.15, 0.2) is 29.4 Å². The number of carbonyl (C=O) groups is 1. The van der Waals surface area contributed by atoms with E-state index in [1.165, 1.54) is 24.3 Å². The molecule has 0 spiro atoms. The highest BCUT2D eigenvalue weighted by atomic mass is 19.4. The molecule has 8 heteroatoms. The van der Waals surface area contributed by atoms with Crippen molar-refractivity contribution in [2.24, 2.45) is 11.0 Å². The number of aliphatic hydroxyl groups is 1. The van der Waals surface area contributed by atoms with Crippen LogP contribution in [0, 0.1) is 5.92 Å². The van der Waals surface area contributed by atoms with Crippen LogP contribution in [0.2, 0.25) is 0 Å². The van der Waals surface area contributed by atoms with Gasteiger partial charge in [0.1, 0.15) is 5.71 Å². The quantitative estimate of drug-likeness (QED) is 0.799. The van der Waals surface area contributed by atoms with E-state index in [1.54, 1.807) is 0 Å². The van der Waals surface area contributed by atoms with Crippen LogP contribution in [0.4, 0.5) is 18.9 Å². The summed E-state index contributed by atoms with van der Waals surface area (Å²) < 4.78 is 39.5. The van der Waals surface area contributed by atoms with Gasteiger partial charge in [-0.1, -0.05) is 19.3 Å². The maximum Gasteiger partial charge on any atom is 0.431 e. The zero-order valence-electron chi connectivity index (χ0n) is 13.6. The molecule has 1 aliphatic heterocycles. The van der Waals surface area contributed by atoms with E-state index < -0.39 is 35.9 Å². The second kappa shape index (κ2) is 6.33. The Labute approximate surface area is 143 Å². The first kappa shape index (κ1) is 17.7. The summed E-state index contributed by atoms with van der Waals surface area (Å²) in [4.78, 5) is 12.7. The number of nitrogen functional groups attached to an aromatic ring is 1. The lowest BCUT2D eigenvalue weighted by Crippen LogP contribution is -2.52. The molecule has 2 aliphatic rings. The molecule has 0 unspecified atom stereocenters. The monoisotopic (exact) mass is 355 g/mol. The third kappa shape index (κ3) is 3.35. The van der Waals surface area contributed by atoms with E-state index in [0.29, 0.717) is 23.5 Å². The Kier molecular flexibility index (Phi) is 4.49. The fraction of sp³-hybridized carbons (Fsp3) is 0.529. The summed E-state index contributed by atoms with van der Waals surface area (Å²) in [6.45, 7) is 0. The van der Waals surface area contributed by atoms with E-state index in [-0.39, 0.29) is 5.56 Å². The van der Waals surface area contributed by atoms with E-state index in [4.69, 9.17) is 5.73 Å². The zero-order chi connectivity index (χ0) is 18.2. The number of benzene rings is 1. The second-order valence-electron chi connectivity index (χ2n) is 6.67. The Morgan fingerprint density at radius 3 is 2.36 bits per heavy atom. The molecule has 1 atom stereocenters. The summed E-state index contributed by atoms with van der Waals surface area (Å²) in [7, 11) is 0. The minimum absolute atomic E-state index is 0.135. The first-order valence-corrected chi connectivity index (χ1v) is 8.29. The molecule has 1 aromatic carbocycles. The van der Waals surface area contributed by atoms with Gasteiger partial charge in [0.05, 0.1) is 0 Å². The van der Waals surface area contributed by atoms with E-state index in [9.17, 15) is 23.1 Å². The molecular weight excluding hydrogens is 335 g/mol. The van der Waals surface area contributed by atoms with Gasteiger partial charge in [0, 0.05) is 23.6 Å². The standard InChI is InChI=1S/C17H20F3N3O2/c18-17(19,20)14-10-16(25,12-4-2-1-3-5-12)23(22-14)15(24)11-6-8-13(21)9-7-11/h6-9,12,25H,1-5,10,21H2/t16-/m0/s1. The molecule has 3 N–H and O–H groups in total. The van der Waals surface area contributed by atoms with Crippen molar-refractivity contribution >= 4 is 17.3 Å². The van der Waals surface area contributed by atoms with Crippen LogP contribution in [0.5, 0.6) is 0 Å². The lowest BCUT2D eigenvalue weighted by Gasteiger charge is -2.40. The molecule has 136 valence electrons. The Morgan fingerprint density at radius 2 is 1.80 bits per heavy atom. The van der Waals surface area contributed by atoms with Crippen molar-refractivity contribution in [2.75, 3.05) is 5.73 Å². The molecule has 0 aromatic heterocycles. The minimum atomic E-state index is -4.68. The number of nitrogens with two attached hydrogens (primary N) is 1. The molecule has 0 saturated heterocycles. The highest BCUT2D eigenvalue weighted by Gasteiger charge is 2.55. The molecule has 1 aliphatic carbocycles. The molecule has 0 radical (unpaired) electrons. The minimum Gasteiger partial charge on any atom is -0.399 e. The lowest BCUT2D eigenvalue weighted by atomic mass is 9.79. The van der Waals surface area contributed by atoms with E-state index in [0.717, 1.165) is 19.3 Å². The molecule has 3 rings (SSSR count). The number of anilines is 1. The van der Waals surface area contributed by atoms with Crippen molar-refractivity contribution < 1.29 is 23.1 Å². The maximum atomic E-state index is 13.2. The van der Waals surface area contributed by atoms with Crippen LogP contribution in [0.3, 0.4) is 0 Å². The van der Waals surface area contributed by atoms with Crippen molar-refractivity contribution in [3.05, 3.63) is 29.8 Å². The molecule has 1 aromatic rings. The maximum absolute atomic E-state index is 13.2. The molecule has 5 nitrogen and oxygen atoms in total. The highest BCUT2D eigenvalue weighted by molar-refractivity contribution is 5.99. The van der Waals surface area contributed by atoms with Crippen LogP contribution < -0.4 is 5.73 Å². The van der Waals surface area contributed by atoms with Gasteiger partial charge < -0.3 is 10.8 Å². The van der Waals surface area contributed by atoms with Gasteiger partial charge in [-0.05, 0) is 37.1 Å². The molecule has 1 fully saturated rings. The van der Waals surface area contributed by atoms with Gasteiger partial charge in [0.15, 0.2) is 5.72 Å². The summed E-state index contributed by atoms with van der Waals surface area (Å²) in [5, 5.41) is 15.2. The fourth-order valence-electron chi connectivity index (χ4n) is 3.57. The molecular formula is C17H20F3N3O2. The molecule has 1 saturated carbocycles. The smallest absolute Gasteiger partial charge is 0.399 e. The summed E-state index contributed by atoms with van der Waals surface area (Å²) in [5.74, 6) is -1.19. The number of hydrogen-bond acceptors (Lipinski definition) is 4. The Balaban J connectivity index is 1.96. The zero-order valence-corrected chi connectivity index (χ0v) is 13.6. The van der Waals surface area contributed by atoms with Crippen molar-refractivity contribution in [1.29, 1.82) is 0 Å². The molecule has 0 bridgehead atoms. The number of hydrogen-bond donors (Lipinski definition) is 2. The average molecular weight is 355 g/mol. The van der Waals surface area contributed by atoms with Crippen LogP contribution in [0.1, 0.15) is 48.9 Å². The number of alkyl halides is 3. The third-order valence-electron chi connectivity index (χ3n) is 4.95. The molecule has 1 heterocycles. The topological polar surface area (TPSA) is 78.9 Å². The van der Waals surface area contributed by atoms with Crippen LogP contribution >= 0.6 is 0 Å². The number of nitrogens with zero attached hydrogens (tertiary/aromatic N) is 2. The predicted octanol–water partition coefficient (Wildman–Crippen LogP) is 3.30. The van der Waals surface area contributed by atoms with Crippen LogP contribution in [0.25, 0.3) is 0 Å². The van der Waals surface area contributed by atoms with Crippen molar-refractivity contribution in [1.82, 2.24) is 5.01 Å². The summed E-state index contributed by atoms with van der Waals surface area (Å²) >= 11 is 0. The summed E-state index contributed by atoms with van der Waals surface area (Å²) in [6, 6.07) is 5.80. The largest absolute Gasteiger partial charge is 0.431 e. The Morgan fingerprint density at radius 1 is 1.20 bits per heavy atom. The Hall–Kier alpha value is -2.09. The first-order valence-electron chi connectivity index (χ1n) is 8.29. The van der Waals surface area contributed by atoms with Gasteiger partial charge in [-0.25, -0.2) is 0 Å². The van der Waals surface area contributed by atoms with Gasteiger partial charge in [-0.3, -0.25) is 4.79 Å². The molecule has 1 amide bonds. The van der Waals surface area contributed by atoms with Crippen molar-refractivity contribution in [2.45, 2.75) is 50.4 Å². The third-order valence-corrected chi connectivity index (χ3v) is 4.95. The normalized spacial score (nSPS) is 25.1. The number of hydrazone groups is 1. The average Bonchev–Trinajstić information content (AvgIpc) is 2.95. The SMILES string of the molecule is Nc1ccc(C(=O)N2N=C(C(F)(F)F)C[C@]2(O)C2CCCCC2)cc1. The van der Waals surface area contributed by atoms with Gasteiger partial charge >= 0.3 is 6.18 Å². The Bertz CT molecular complexity index is 681. The number of amides is 1. The van der Waals surface area contributed by atoms with Gasteiger partial charge in [-0.2, -0.15) is 23.3 Å². The first-order chi connectivity index (χ1) is 11.7. The number of rotatable bonds is 2. The lowest BCUT2D eigenvalue weighted by molar-refractivity contribution is -0.123. The van der Waals surface area contributed by atoms with E-state index in [1.807, 2.05) is 0 Å². The van der Waals surface area contributed by atoms with E-state index >= 15 is 0 Å². The summed E-state index contributed by atoms with van der Waals surface area (Å²) in [6.07, 6.45) is -1.62. The van der Waals surface area contributed by atoms with Crippen LogP contribution in [-0.2, 0) is 0 Å². The fourth-order valence-corrected chi connectivity index (χ4v) is 3.57. The highest BCUT2D eigenvalue weighted by Crippen LogP contribution is 2.43. The second-order valence-corrected chi connectivity index (χ2v) is 6.67. The summed E-state index contributed by atoms with van der Waals surface area (Å²) in [5.41, 5.74) is 3.08. The number of halogens is 3. The molecule has 25 heavy (non-hydrogen) atoms. The number of carbonyl (C=O) groups excluding carboxylic acids is 1. The predicted molar refractivity (Wildman–Crippen MR) is 86.7 cm³/mol.